The molecule has 6 heteroatoms. The van der Waals surface area contributed by atoms with E-state index in [0.29, 0.717) is 0 Å². The van der Waals surface area contributed by atoms with Gasteiger partial charge in [0, 0.05) is 39.2 Å². The normalized spacial score (nSPS) is 20.3. The van der Waals surface area contributed by atoms with Crippen molar-refractivity contribution in [2.45, 2.75) is 43.9 Å². The van der Waals surface area contributed by atoms with Gasteiger partial charge in [0.15, 0.2) is 5.96 Å². The monoisotopic (exact) mass is 514 g/mol. The topological polar surface area (TPSA) is 48.9 Å². The first-order valence-electron chi connectivity index (χ1n) is 11.0. The Hall–Kier alpha value is -0.860. The minimum absolute atomic E-state index is 0. The molecule has 5 nitrogen and oxygen atoms in total. The third-order valence-corrected chi connectivity index (χ3v) is 6.64. The molecule has 2 fully saturated rings. The van der Waals surface area contributed by atoms with E-state index in [1.807, 2.05) is 7.05 Å². The van der Waals surface area contributed by atoms with Gasteiger partial charge in [-0.15, -0.1) is 24.0 Å². The zero-order valence-electron chi connectivity index (χ0n) is 18.2. The van der Waals surface area contributed by atoms with Gasteiger partial charge in [-0.1, -0.05) is 43.2 Å². The zero-order chi connectivity index (χ0) is 19.7. The summed E-state index contributed by atoms with van der Waals surface area (Å²) in [6.45, 7) is 6.23. The minimum atomic E-state index is 0. The van der Waals surface area contributed by atoms with E-state index >= 15 is 0 Å². The number of piperidine rings is 1. The number of hydrogen-bond donors (Lipinski definition) is 2. The summed E-state index contributed by atoms with van der Waals surface area (Å²) >= 11 is 0. The van der Waals surface area contributed by atoms with E-state index in [1.54, 1.807) is 7.11 Å². The lowest BCUT2D eigenvalue weighted by molar-refractivity contribution is 0.121. The van der Waals surface area contributed by atoms with Crippen molar-refractivity contribution in [3.63, 3.8) is 0 Å². The molecule has 3 rings (SSSR count). The van der Waals surface area contributed by atoms with Gasteiger partial charge in [-0.3, -0.25) is 4.99 Å². The second kappa shape index (κ2) is 12.7. The highest BCUT2D eigenvalue weighted by molar-refractivity contribution is 14.0. The van der Waals surface area contributed by atoms with Gasteiger partial charge in [-0.05, 0) is 50.3 Å². The van der Waals surface area contributed by atoms with Crippen molar-refractivity contribution in [3.05, 3.63) is 35.9 Å². The van der Waals surface area contributed by atoms with Gasteiger partial charge in [-0.25, -0.2) is 0 Å². The molecule has 0 atom stereocenters. The Morgan fingerprint density at radius 2 is 1.83 bits per heavy atom. The van der Waals surface area contributed by atoms with Crippen molar-refractivity contribution < 1.29 is 4.74 Å². The fraction of sp³-hybridized carbons (Fsp3) is 0.696. The van der Waals surface area contributed by atoms with Crippen LogP contribution in [0.2, 0.25) is 0 Å². The molecule has 1 saturated heterocycles. The van der Waals surface area contributed by atoms with Crippen LogP contribution in [0.1, 0.15) is 44.1 Å². The molecule has 0 unspecified atom stereocenters. The van der Waals surface area contributed by atoms with Crippen molar-refractivity contribution in [3.8, 4) is 0 Å². The number of likely N-dealkylation sites (tertiary alicyclic amines) is 1. The largest absolute Gasteiger partial charge is 0.383 e. The molecule has 1 saturated carbocycles. The molecule has 0 spiro atoms. The molecular formula is C23H39IN4O. The third kappa shape index (κ3) is 7.10. The SMILES string of the molecule is CN=C(NCC1CCN(CCOC)CC1)NCC1(c2ccccc2)CCCC1.I. The second-order valence-corrected chi connectivity index (χ2v) is 8.44. The Bertz CT molecular complexity index is 596. The molecule has 1 heterocycles. The Labute approximate surface area is 194 Å². The Kier molecular flexibility index (Phi) is 10.7. The van der Waals surface area contributed by atoms with Crippen LogP contribution in [0, 0.1) is 5.92 Å². The maximum atomic E-state index is 5.20. The molecule has 29 heavy (non-hydrogen) atoms. The maximum absolute atomic E-state index is 5.20. The fourth-order valence-corrected chi connectivity index (χ4v) is 4.76. The summed E-state index contributed by atoms with van der Waals surface area (Å²) in [5, 5.41) is 7.22. The van der Waals surface area contributed by atoms with E-state index < -0.39 is 0 Å². The van der Waals surface area contributed by atoms with Crippen LogP contribution in [0.3, 0.4) is 0 Å². The molecule has 164 valence electrons. The van der Waals surface area contributed by atoms with Crippen LogP contribution in [0.25, 0.3) is 0 Å². The lowest BCUT2D eigenvalue weighted by atomic mass is 9.79. The number of hydrogen-bond acceptors (Lipinski definition) is 3. The van der Waals surface area contributed by atoms with E-state index in [4.69, 9.17) is 4.74 Å². The molecule has 1 aliphatic carbocycles. The lowest BCUT2D eigenvalue weighted by Crippen LogP contribution is -2.47. The summed E-state index contributed by atoms with van der Waals surface area (Å²) in [4.78, 5) is 6.99. The van der Waals surface area contributed by atoms with Crippen molar-refractivity contribution >= 4 is 29.9 Å². The van der Waals surface area contributed by atoms with E-state index in [1.165, 1.54) is 57.2 Å². The molecule has 1 aromatic carbocycles. The summed E-state index contributed by atoms with van der Waals surface area (Å²) in [6, 6.07) is 11.0. The average Bonchev–Trinajstić information content (AvgIpc) is 3.24. The van der Waals surface area contributed by atoms with Crippen LogP contribution in [0.15, 0.2) is 35.3 Å². The van der Waals surface area contributed by atoms with Gasteiger partial charge in [0.1, 0.15) is 0 Å². The number of guanidine groups is 1. The van der Waals surface area contributed by atoms with Crippen molar-refractivity contribution in [1.29, 1.82) is 0 Å². The number of methoxy groups -OCH3 is 1. The molecule has 1 aromatic rings. The Balaban J connectivity index is 0.00000300. The Morgan fingerprint density at radius 1 is 1.14 bits per heavy atom. The molecule has 2 aliphatic rings. The molecule has 0 radical (unpaired) electrons. The number of benzene rings is 1. The van der Waals surface area contributed by atoms with Crippen LogP contribution in [-0.4, -0.2) is 64.3 Å². The maximum Gasteiger partial charge on any atom is 0.191 e. The summed E-state index contributed by atoms with van der Waals surface area (Å²) in [5.41, 5.74) is 1.73. The van der Waals surface area contributed by atoms with Crippen molar-refractivity contribution in [2.24, 2.45) is 10.9 Å². The Morgan fingerprint density at radius 3 is 2.45 bits per heavy atom. The van der Waals surface area contributed by atoms with Gasteiger partial charge in [-0.2, -0.15) is 0 Å². The number of halogens is 1. The summed E-state index contributed by atoms with van der Waals surface area (Å²) in [6.07, 6.45) is 7.68. The molecular weight excluding hydrogens is 475 g/mol. The first-order chi connectivity index (χ1) is 13.8. The second-order valence-electron chi connectivity index (χ2n) is 8.44. The van der Waals surface area contributed by atoms with Crippen LogP contribution in [0.5, 0.6) is 0 Å². The van der Waals surface area contributed by atoms with Crippen LogP contribution in [-0.2, 0) is 10.2 Å². The molecule has 0 bridgehead atoms. The minimum Gasteiger partial charge on any atom is -0.383 e. The van der Waals surface area contributed by atoms with E-state index in [-0.39, 0.29) is 29.4 Å². The van der Waals surface area contributed by atoms with Gasteiger partial charge in [0.2, 0.25) is 0 Å². The van der Waals surface area contributed by atoms with Crippen molar-refractivity contribution in [1.82, 2.24) is 15.5 Å². The van der Waals surface area contributed by atoms with Gasteiger partial charge >= 0.3 is 0 Å². The molecule has 2 N–H and O–H groups in total. The van der Waals surface area contributed by atoms with E-state index in [9.17, 15) is 0 Å². The van der Waals surface area contributed by atoms with Crippen molar-refractivity contribution in [2.75, 3.05) is 53.5 Å². The predicted molar refractivity (Wildman–Crippen MR) is 132 cm³/mol. The molecule has 1 aliphatic heterocycles. The van der Waals surface area contributed by atoms with Gasteiger partial charge < -0.3 is 20.3 Å². The third-order valence-electron chi connectivity index (χ3n) is 6.64. The number of nitrogens with zero attached hydrogens (tertiary/aromatic N) is 2. The van der Waals surface area contributed by atoms with E-state index in [0.717, 1.165) is 38.1 Å². The highest BCUT2D eigenvalue weighted by Crippen LogP contribution is 2.40. The number of rotatable bonds is 8. The zero-order valence-corrected chi connectivity index (χ0v) is 20.5. The first-order valence-corrected chi connectivity index (χ1v) is 11.0. The fourth-order valence-electron chi connectivity index (χ4n) is 4.76. The van der Waals surface area contributed by atoms with Gasteiger partial charge in [0.05, 0.1) is 6.61 Å². The smallest absolute Gasteiger partial charge is 0.191 e. The highest BCUT2D eigenvalue weighted by atomic mass is 127. The first kappa shape index (κ1) is 24.4. The standard InChI is InChI=1S/C23H38N4O.HI/c1-24-22(25-18-20-10-14-27(15-11-20)16-17-28-2)26-19-23(12-6-7-13-23)21-8-4-3-5-9-21;/h3-5,8-9,20H,6-7,10-19H2,1-2H3,(H2,24,25,26);1H. The van der Waals surface area contributed by atoms with Gasteiger partial charge in [0.25, 0.3) is 0 Å². The van der Waals surface area contributed by atoms with Crippen LogP contribution in [0.4, 0.5) is 0 Å². The summed E-state index contributed by atoms with van der Waals surface area (Å²) in [7, 11) is 3.66. The summed E-state index contributed by atoms with van der Waals surface area (Å²) < 4.78 is 5.20. The number of aliphatic imine (C=N–C) groups is 1. The lowest BCUT2D eigenvalue weighted by Gasteiger charge is -2.33. The predicted octanol–water partition coefficient (Wildman–Crippen LogP) is 3.64. The number of ether oxygens (including phenoxy) is 1. The number of nitrogens with one attached hydrogen (secondary N) is 2. The average molecular weight is 514 g/mol. The van der Waals surface area contributed by atoms with E-state index in [2.05, 4.69) is 50.9 Å². The quantitative estimate of drug-likeness (QED) is 0.316. The highest BCUT2D eigenvalue weighted by Gasteiger charge is 2.35. The summed E-state index contributed by atoms with van der Waals surface area (Å²) in [5.74, 6) is 1.68. The molecule has 0 aromatic heterocycles. The van der Waals surface area contributed by atoms with Crippen LogP contribution < -0.4 is 10.6 Å². The van der Waals surface area contributed by atoms with Crippen LogP contribution >= 0.6 is 24.0 Å². The molecule has 0 amide bonds.